The Kier molecular flexibility index (Phi) is 3.87. The number of rotatable bonds is 3. The van der Waals surface area contributed by atoms with Crippen LogP contribution in [-0.4, -0.2) is 34.9 Å². The molecule has 0 atom stereocenters. The van der Waals surface area contributed by atoms with Crippen molar-refractivity contribution in [1.82, 2.24) is 34.9 Å². The largest absolute Gasteiger partial charge is 0.277 e. The molecule has 0 aliphatic carbocycles. The van der Waals surface area contributed by atoms with E-state index < -0.39 is 0 Å². The lowest BCUT2D eigenvalue weighted by Gasteiger charge is -2.07. The number of aryl methyl sites for hydroxylation is 1. The van der Waals surface area contributed by atoms with Crippen LogP contribution in [0.5, 0.6) is 0 Å². The van der Waals surface area contributed by atoms with Crippen LogP contribution >= 0.6 is 11.6 Å². The molecule has 4 heterocycles. The zero-order valence-electron chi connectivity index (χ0n) is 14.8. The molecule has 0 amide bonds. The highest BCUT2D eigenvalue weighted by molar-refractivity contribution is 6.30. The first kappa shape index (κ1) is 16.6. The van der Waals surface area contributed by atoms with Gasteiger partial charge in [0.05, 0.1) is 34.3 Å². The van der Waals surface area contributed by atoms with E-state index in [1.54, 1.807) is 29.6 Å². The summed E-state index contributed by atoms with van der Waals surface area (Å²) in [5.74, 6) is 0. The van der Waals surface area contributed by atoms with Gasteiger partial charge in [-0.05, 0) is 23.8 Å². The lowest BCUT2D eigenvalue weighted by Crippen LogP contribution is -1.91. The number of benzene rings is 1. The number of nitrogens with zero attached hydrogens (tertiary/aromatic N) is 6. The van der Waals surface area contributed by atoms with E-state index in [2.05, 4.69) is 30.2 Å². The molecular formula is C20H14ClN7. The van der Waals surface area contributed by atoms with Gasteiger partial charge < -0.3 is 0 Å². The Labute approximate surface area is 165 Å². The number of hydrogen-bond acceptors (Lipinski definition) is 5. The molecule has 4 aromatic heterocycles. The van der Waals surface area contributed by atoms with Gasteiger partial charge in [0.15, 0.2) is 0 Å². The first-order valence-electron chi connectivity index (χ1n) is 8.57. The van der Waals surface area contributed by atoms with Crippen molar-refractivity contribution in [2.75, 3.05) is 0 Å². The van der Waals surface area contributed by atoms with Gasteiger partial charge in [-0.25, -0.2) is 9.97 Å². The van der Waals surface area contributed by atoms with Gasteiger partial charge in [0.2, 0.25) is 0 Å². The van der Waals surface area contributed by atoms with Crippen molar-refractivity contribution >= 4 is 22.5 Å². The summed E-state index contributed by atoms with van der Waals surface area (Å²) in [5, 5.41) is 13.0. The average Bonchev–Trinajstić information content (AvgIpc) is 3.36. The van der Waals surface area contributed by atoms with Crippen molar-refractivity contribution in [2.45, 2.75) is 0 Å². The minimum atomic E-state index is 0.562. The molecule has 136 valence electrons. The molecule has 0 saturated heterocycles. The van der Waals surface area contributed by atoms with Gasteiger partial charge in [0.1, 0.15) is 6.33 Å². The van der Waals surface area contributed by atoms with Crippen LogP contribution in [0.2, 0.25) is 5.02 Å². The van der Waals surface area contributed by atoms with E-state index in [9.17, 15) is 0 Å². The Morgan fingerprint density at radius 1 is 0.964 bits per heavy atom. The molecule has 0 unspecified atom stereocenters. The molecule has 5 rings (SSSR count). The fourth-order valence-electron chi connectivity index (χ4n) is 3.26. The Bertz CT molecular complexity index is 1300. The second-order valence-electron chi connectivity index (χ2n) is 6.41. The SMILES string of the molecule is Cn1cc(-c2ccc3c(-c4cn[nH]c4-c4cncc(Cl)c4)ncnc3c2)cn1. The highest BCUT2D eigenvalue weighted by Crippen LogP contribution is 2.34. The topological polar surface area (TPSA) is 85.2 Å². The van der Waals surface area contributed by atoms with E-state index in [4.69, 9.17) is 11.6 Å². The predicted molar refractivity (Wildman–Crippen MR) is 108 cm³/mol. The number of hydrogen-bond donors (Lipinski definition) is 1. The second kappa shape index (κ2) is 6.54. The number of halogens is 1. The average molecular weight is 388 g/mol. The van der Waals surface area contributed by atoms with Gasteiger partial charge in [0.25, 0.3) is 0 Å². The van der Waals surface area contributed by atoms with Gasteiger partial charge in [-0.15, -0.1) is 0 Å². The zero-order valence-corrected chi connectivity index (χ0v) is 15.6. The van der Waals surface area contributed by atoms with Crippen LogP contribution in [0.4, 0.5) is 0 Å². The molecule has 0 bridgehead atoms. The Morgan fingerprint density at radius 2 is 1.89 bits per heavy atom. The normalized spacial score (nSPS) is 11.2. The van der Waals surface area contributed by atoms with E-state index in [0.29, 0.717) is 5.02 Å². The summed E-state index contributed by atoms with van der Waals surface area (Å²) in [6, 6.07) is 7.96. The highest BCUT2D eigenvalue weighted by atomic mass is 35.5. The predicted octanol–water partition coefficient (Wildman–Crippen LogP) is 4.14. The van der Waals surface area contributed by atoms with Crippen LogP contribution in [0.3, 0.4) is 0 Å². The second-order valence-corrected chi connectivity index (χ2v) is 6.84. The molecule has 0 aliphatic rings. The summed E-state index contributed by atoms with van der Waals surface area (Å²) in [7, 11) is 1.90. The quantitative estimate of drug-likeness (QED) is 0.503. The Balaban J connectivity index is 1.66. The summed E-state index contributed by atoms with van der Waals surface area (Å²) in [4.78, 5) is 13.1. The number of nitrogens with one attached hydrogen (secondary N) is 1. The van der Waals surface area contributed by atoms with E-state index in [0.717, 1.165) is 44.5 Å². The van der Waals surface area contributed by atoms with Gasteiger partial charge in [-0.1, -0.05) is 17.7 Å². The third kappa shape index (κ3) is 2.82. The molecule has 0 radical (unpaired) electrons. The molecule has 0 saturated carbocycles. The van der Waals surface area contributed by atoms with Crippen LogP contribution in [-0.2, 0) is 7.05 Å². The van der Waals surface area contributed by atoms with Crippen molar-refractivity contribution in [2.24, 2.45) is 7.05 Å². The van der Waals surface area contributed by atoms with Crippen molar-refractivity contribution in [1.29, 1.82) is 0 Å². The van der Waals surface area contributed by atoms with E-state index >= 15 is 0 Å². The number of fused-ring (bicyclic) bond motifs is 1. The molecule has 1 aromatic carbocycles. The molecular weight excluding hydrogens is 374 g/mol. The zero-order chi connectivity index (χ0) is 19.1. The monoisotopic (exact) mass is 387 g/mol. The van der Waals surface area contributed by atoms with Crippen LogP contribution in [0.15, 0.2) is 61.6 Å². The van der Waals surface area contributed by atoms with Gasteiger partial charge in [-0.2, -0.15) is 10.2 Å². The Morgan fingerprint density at radius 3 is 2.71 bits per heavy atom. The fraction of sp³-hybridized carbons (Fsp3) is 0.0500. The molecule has 1 N–H and O–H groups in total. The molecule has 7 nitrogen and oxygen atoms in total. The minimum Gasteiger partial charge on any atom is -0.277 e. The molecule has 8 heteroatoms. The molecule has 28 heavy (non-hydrogen) atoms. The number of aromatic amines is 1. The van der Waals surface area contributed by atoms with Gasteiger partial charge in [-0.3, -0.25) is 14.8 Å². The number of H-pyrrole nitrogens is 1. The van der Waals surface area contributed by atoms with Crippen molar-refractivity contribution in [3.8, 4) is 33.6 Å². The van der Waals surface area contributed by atoms with Crippen molar-refractivity contribution < 1.29 is 0 Å². The van der Waals surface area contributed by atoms with E-state index in [1.807, 2.05) is 43.7 Å². The molecule has 0 aliphatic heterocycles. The van der Waals surface area contributed by atoms with Crippen molar-refractivity contribution in [3.05, 3.63) is 66.6 Å². The smallest absolute Gasteiger partial charge is 0.116 e. The van der Waals surface area contributed by atoms with Crippen LogP contribution in [0, 0.1) is 0 Å². The van der Waals surface area contributed by atoms with Gasteiger partial charge in [0, 0.05) is 47.7 Å². The lowest BCUT2D eigenvalue weighted by atomic mass is 10.0. The van der Waals surface area contributed by atoms with Crippen molar-refractivity contribution in [3.63, 3.8) is 0 Å². The maximum atomic E-state index is 6.10. The standard InChI is InChI=1S/C20H14ClN7/c1-28-10-14(7-26-28)12-2-3-16-18(5-12)23-11-24-20(16)17-9-25-27-19(17)13-4-15(21)8-22-6-13/h2-11H,1H3,(H,25,27). The maximum absolute atomic E-state index is 6.10. The third-order valence-electron chi connectivity index (χ3n) is 4.56. The van der Waals surface area contributed by atoms with Gasteiger partial charge >= 0.3 is 0 Å². The fourth-order valence-corrected chi connectivity index (χ4v) is 3.43. The summed E-state index contributed by atoms with van der Waals surface area (Å²) >= 11 is 6.10. The van der Waals surface area contributed by atoms with Crippen LogP contribution < -0.4 is 0 Å². The first-order valence-corrected chi connectivity index (χ1v) is 8.95. The molecule has 0 fully saturated rings. The summed E-state index contributed by atoms with van der Waals surface area (Å²) in [6.07, 6.45) is 10.5. The minimum absolute atomic E-state index is 0.562. The van der Waals surface area contributed by atoms with Crippen LogP contribution in [0.25, 0.3) is 44.5 Å². The third-order valence-corrected chi connectivity index (χ3v) is 4.77. The van der Waals surface area contributed by atoms with Crippen LogP contribution in [0.1, 0.15) is 0 Å². The van der Waals surface area contributed by atoms with E-state index in [1.165, 1.54) is 0 Å². The number of aromatic nitrogens is 7. The first-order chi connectivity index (χ1) is 13.7. The Hall–Kier alpha value is -3.58. The highest BCUT2D eigenvalue weighted by Gasteiger charge is 2.15. The summed E-state index contributed by atoms with van der Waals surface area (Å²) in [5.41, 5.74) is 6.26. The summed E-state index contributed by atoms with van der Waals surface area (Å²) in [6.45, 7) is 0. The summed E-state index contributed by atoms with van der Waals surface area (Å²) < 4.78 is 1.78. The lowest BCUT2D eigenvalue weighted by molar-refractivity contribution is 0.768. The van der Waals surface area contributed by atoms with E-state index in [-0.39, 0.29) is 0 Å². The number of pyridine rings is 1. The molecule has 0 spiro atoms. The maximum Gasteiger partial charge on any atom is 0.116 e. The molecule has 5 aromatic rings.